The van der Waals surface area contributed by atoms with Gasteiger partial charge in [0.1, 0.15) is 0 Å². The van der Waals surface area contributed by atoms with E-state index in [9.17, 15) is 26.4 Å². The molecule has 0 aliphatic carbocycles. The molecule has 32 heavy (non-hydrogen) atoms. The van der Waals surface area contributed by atoms with Crippen LogP contribution in [0.4, 0.5) is 18.9 Å². The van der Waals surface area contributed by atoms with Gasteiger partial charge in [-0.15, -0.1) is 11.3 Å². The number of nitrogens with zero attached hydrogens (tertiary/aromatic N) is 3. The lowest BCUT2D eigenvalue weighted by molar-refractivity contribution is -0.141. The highest BCUT2D eigenvalue weighted by atomic mass is 32.2. The average molecular weight is 486 g/mol. The van der Waals surface area contributed by atoms with Crippen molar-refractivity contribution in [2.24, 2.45) is 0 Å². The van der Waals surface area contributed by atoms with E-state index in [0.717, 1.165) is 11.3 Å². The minimum atomic E-state index is -4.67. The van der Waals surface area contributed by atoms with Gasteiger partial charge in [0.2, 0.25) is 10.2 Å². The number of carbonyl (C=O) groups is 1. The number of amides is 1. The summed E-state index contributed by atoms with van der Waals surface area (Å²) >= 11 is 0.874. The first kappa shape index (κ1) is 23.8. The lowest BCUT2D eigenvalue weighted by Gasteiger charge is -2.16. The second-order valence-corrected chi connectivity index (χ2v) is 9.47. The van der Waals surface area contributed by atoms with E-state index in [2.05, 4.69) is 25.0 Å². The summed E-state index contributed by atoms with van der Waals surface area (Å²) in [6.07, 6.45) is -2.65. The van der Waals surface area contributed by atoms with E-state index in [-0.39, 0.29) is 28.1 Å². The molecular weight excluding hydrogens is 467 g/mol. The second kappa shape index (κ2) is 8.92. The van der Waals surface area contributed by atoms with Gasteiger partial charge in [0.25, 0.3) is 10.0 Å². The van der Waals surface area contributed by atoms with Crippen LogP contribution in [0.1, 0.15) is 24.6 Å². The van der Waals surface area contributed by atoms with Gasteiger partial charge < -0.3 is 5.32 Å². The van der Waals surface area contributed by atoms with Crippen LogP contribution in [0.25, 0.3) is 22.5 Å². The molecular formula is C19H18F3N5O3S2. The number of thiazole rings is 1. The highest BCUT2D eigenvalue weighted by Gasteiger charge is 2.33. The highest BCUT2D eigenvalue weighted by molar-refractivity contribution is 7.91. The third-order valence-electron chi connectivity index (χ3n) is 4.50. The Morgan fingerprint density at radius 2 is 1.88 bits per heavy atom. The summed E-state index contributed by atoms with van der Waals surface area (Å²) in [6.45, 7) is 3.29. The fourth-order valence-corrected chi connectivity index (χ4v) is 4.71. The zero-order valence-corrected chi connectivity index (χ0v) is 18.7. The van der Waals surface area contributed by atoms with Gasteiger partial charge in [-0.1, -0.05) is 13.0 Å². The minimum absolute atomic E-state index is 0.0229. The lowest BCUT2D eigenvalue weighted by Crippen LogP contribution is -2.18. The average Bonchev–Trinajstić information content (AvgIpc) is 3.24. The molecule has 3 rings (SSSR count). The summed E-state index contributed by atoms with van der Waals surface area (Å²) in [5.74, 6) is -0.296. The number of alkyl halides is 3. The fourth-order valence-electron chi connectivity index (χ4n) is 2.88. The van der Waals surface area contributed by atoms with Crippen LogP contribution in [0, 0.1) is 6.92 Å². The van der Waals surface area contributed by atoms with Crippen LogP contribution in [-0.2, 0) is 21.0 Å². The molecule has 0 bridgehead atoms. The van der Waals surface area contributed by atoms with E-state index < -0.39 is 21.9 Å². The van der Waals surface area contributed by atoms with Gasteiger partial charge in [0.15, 0.2) is 5.69 Å². The Labute approximate surface area is 186 Å². The van der Waals surface area contributed by atoms with Crippen molar-refractivity contribution in [2.75, 3.05) is 12.4 Å². The topological polar surface area (TPSA) is 114 Å². The molecule has 8 nitrogen and oxygen atoms in total. The van der Waals surface area contributed by atoms with Crippen molar-refractivity contribution < 1.29 is 26.4 Å². The number of aromatic nitrogens is 3. The Hall–Kier alpha value is -2.90. The minimum Gasteiger partial charge on any atom is -0.325 e. The molecule has 0 radical (unpaired) electrons. The quantitative estimate of drug-likeness (QED) is 0.548. The largest absolute Gasteiger partial charge is 0.434 e. The van der Waals surface area contributed by atoms with Crippen molar-refractivity contribution in [1.29, 1.82) is 0 Å². The molecule has 0 saturated heterocycles. The molecule has 2 N–H and O–H groups in total. The normalized spacial score (nSPS) is 12.1. The Morgan fingerprint density at radius 1 is 1.16 bits per heavy atom. The van der Waals surface area contributed by atoms with E-state index in [4.69, 9.17) is 0 Å². The second-order valence-electron chi connectivity index (χ2n) is 6.56. The van der Waals surface area contributed by atoms with E-state index in [1.807, 2.05) is 0 Å². The van der Waals surface area contributed by atoms with Gasteiger partial charge >= 0.3 is 6.18 Å². The summed E-state index contributed by atoms with van der Waals surface area (Å²) in [5, 5.41) is 4.22. The third kappa shape index (κ3) is 4.79. The lowest BCUT2D eigenvalue weighted by atomic mass is 9.96. The van der Waals surface area contributed by atoms with Crippen molar-refractivity contribution in [1.82, 2.24) is 19.7 Å². The van der Waals surface area contributed by atoms with Crippen molar-refractivity contribution in [3.63, 3.8) is 0 Å². The van der Waals surface area contributed by atoms with Gasteiger partial charge in [-0.25, -0.2) is 23.1 Å². The van der Waals surface area contributed by atoms with Crippen LogP contribution in [0.5, 0.6) is 0 Å². The van der Waals surface area contributed by atoms with E-state index >= 15 is 0 Å². The first-order chi connectivity index (χ1) is 15.0. The van der Waals surface area contributed by atoms with Gasteiger partial charge in [-0.05, 0) is 25.6 Å². The summed E-state index contributed by atoms with van der Waals surface area (Å²) < 4.78 is 65.5. The molecule has 0 fully saturated rings. The van der Waals surface area contributed by atoms with E-state index in [0.29, 0.717) is 28.6 Å². The molecule has 3 aromatic rings. The van der Waals surface area contributed by atoms with Crippen molar-refractivity contribution in [3.8, 4) is 22.5 Å². The molecule has 13 heteroatoms. The number of halogens is 3. The zero-order chi connectivity index (χ0) is 23.7. The van der Waals surface area contributed by atoms with Crippen molar-refractivity contribution >= 4 is 33.0 Å². The van der Waals surface area contributed by atoms with Crippen LogP contribution in [0.2, 0.25) is 0 Å². The molecule has 2 aromatic heterocycles. The van der Waals surface area contributed by atoms with Crippen LogP contribution < -0.4 is 10.0 Å². The van der Waals surface area contributed by atoms with Gasteiger partial charge in [0, 0.05) is 22.9 Å². The molecule has 0 atom stereocenters. The molecule has 0 saturated carbocycles. The van der Waals surface area contributed by atoms with Crippen LogP contribution >= 0.6 is 11.3 Å². The number of hydrogen-bond acceptors (Lipinski definition) is 7. The molecule has 0 unspecified atom stereocenters. The molecule has 0 aliphatic heterocycles. The number of rotatable bonds is 6. The molecule has 1 aromatic carbocycles. The molecule has 170 valence electrons. The SMILES string of the molecule is CCC(=O)Nc1ccc(-c2cncc(C(F)(F)F)n2)c(C)c1-c1csc(S(=O)(=O)NC)n1. The number of anilines is 1. The number of benzene rings is 1. The fraction of sp³-hybridized carbons (Fsp3) is 0.263. The first-order valence-electron chi connectivity index (χ1n) is 9.20. The Balaban J connectivity index is 2.22. The smallest absolute Gasteiger partial charge is 0.325 e. The zero-order valence-electron chi connectivity index (χ0n) is 17.1. The van der Waals surface area contributed by atoms with Gasteiger partial charge in [-0.3, -0.25) is 9.78 Å². The third-order valence-corrected chi connectivity index (χ3v) is 7.17. The standard InChI is InChI=1S/C19H18F3N5O3S2/c1-4-16(28)26-12-6-5-11(13-7-24-8-15(25-13)19(20,21)22)10(2)17(12)14-9-31-18(27-14)32(29,30)23-3/h5-9,23H,4H2,1-3H3,(H,26,28). The van der Waals surface area contributed by atoms with Crippen molar-refractivity contribution in [2.45, 2.75) is 30.8 Å². The Bertz CT molecular complexity index is 1270. The van der Waals surface area contributed by atoms with Gasteiger partial charge in [0.05, 0.1) is 29.5 Å². The predicted molar refractivity (Wildman–Crippen MR) is 113 cm³/mol. The summed E-state index contributed by atoms with van der Waals surface area (Å²) in [7, 11) is -2.55. The molecule has 0 spiro atoms. The summed E-state index contributed by atoms with van der Waals surface area (Å²) in [6, 6.07) is 3.03. The number of nitrogens with one attached hydrogen (secondary N) is 2. The van der Waals surface area contributed by atoms with Crippen LogP contribution in [0.3, 0.4) is 0 Å². The predicted octanol–water partition coefficient (Wildman–Crippen LogP) is 3.85. The maximum Gasteiger partial charge on any atom is 0.434 e. The van der Waals surface area contributed by atoms with Crippen molar-refractivity contribution in [3.05, 3.63) is 41.2 Å². The van der Waals surface area contributed by atoms with Gasteiger partial charge in [-0.2, -0.15) is 13.2 Å². The number of carbonyl (C=O) groups excluding carboxylic acids is 1. The van der Waals surface area contributed by atoms with Crippen LogP contribution in [-0.4, -0.2) is 36.3 Å². The van der Waals surface area contributed by atoms with Crippen LogP contribution in [0.15, 0.2) is 34.2 Å². The highest BCUT2D eigenvalue weighted by Crippen LogP contribution is 2.38. The molecule has 0 aliphatic rings. The summed E-state index contributed by atoms with van der Waals surface area (Å²) in [4.78, 5) is 23.5. The van der Waals surface area contributed by atoms with E-state index in [1.165, 1.54) is 30.8 Å². The summed E-state index contributed by atoms with van der Waals surface area (Å²) in [5.41, 5.74) is 0.578. The molecule has 1 amide bonds. The number of sulfonamides is 1. The monoisotopic (exact) mass is 485 g/mol. The molecule has 2 heterocycles. The first-order valence-corrected chi connectivity index (χ1v) is 11.6. The maximum absolute atomic E-state index is 13.1. The Kier molecular flexibility index (Phi) is 6.62. The Morgan fingerprint density at radius 3 is 2.50 bits per heavy atom. The van der Waals surface area contributed by atoms with E-state index in [1.54, 1.807) is 13.8 Å². The maximum atomic E-state index is 13.1. The number of hydrogen-bond donors (Lipinski definition) is 2.